The molecule has 0 unspecified atom stereocenters. The van der Waals surface area contributed by atoms with E-state index in [1.165, 1.54) is 15.4 Å². The van der Waals surface area contributed by atoms with E-state index in [9.17, 15) is 9.59 Å². The topological polar surface area (TPSA) is 56.2 Å². The van der Waals surface area contributed by atoms with E-state index in [0.717, 1.165) is 76.4 Å². The highest BCUT2D eigenvalue weighted by molar-refractivity contribution is 7.99. The number of rotatable bonds is 4. The molecule has 3 aliphatic heterocycles. The first-order chi connectivity index (χ1) is 17.1. The van der Waals surface area contributed by atoms with Crippen LogP contribution in [-0.4, -0.2) is 71.6 Å². The van der Waals surface area contributed by atoms with Gasteiger partial charge in [-0.05, 0) is 44.0 Å². The van der Waals surface area contributed by atoms with E-state index in [1.807, 2.05) is 0 Å². The molecule has 0 N–H and O–H groups in total. The van der Waals surface area contributed by atoms with Crippen LogP contribution in [0, 0.1) is 5.41 Å². The highest BCUT2D eigenvalue weighted by Crippen LogP contribution is 2.47. The van der Waals surface area contributed by atoms with Crippen LogP contribution < -0.4 is 0 Å². The molecule has 1 aliphatic carbocycles. The molecule has 6 rings (SSSR count). The minimum Gasteiger partial charge on any atom is -0.354 e. The van der Waals surface area contributed by atoms with Gasteiger partial charge in [-0.2, -0.15) is 0 Å². The third-order valence-electron chi connectivity index (χ3n) is 8.02. The van der Waals surface area contributed by atoms with Crippen molar-refractivity contribution in [3.63, 3.8) is 0 Å². The summed E-state index contributed by atoms with van der Waals surface area (Å²) >= 11 is 1.79. The van der Waals surface area contributed by atoms with E-state index in [-0.39, 0.29) is 17.2 Å². The van der Waals surface area contributed by atoms with Crippen LogP contribution in [0.5, 0.6) is 0 Å². The smallest absolute Gasteiger partial charge is 0.235 e. The van der Waals surface area contributed by atoms with Crippen LogP contribution in [0.2, 0.25) is 0 Å². The van der Waals surface area contributed by atoms with Gasteiger partial charge in [0.05, 0.1) is 11.1 Å². The number of benzene rings is 2. The minimum absolute atomic E-state index is 0.0462. The molecule has 2 saturated heterocycles. The molecule has 0 atom stereocenters. The van der Waals surface area contributed by atoms with Crippen molar-refractivity contribution < 1.29 is 9.59 Å². The fourth-order valence-electron chi connectivity index (χ4n) is 6.07. The van der Waals surface area contributed by atoms with E-state index < -0.39 is 0 Å². The summed E-state index contributed by atoms with van der Waals surface area (Å²) in [6, 6.07) is 16.9. The first kappa shape index (κ1) is 22.8. The van der Waals surface area contributed by atoms with Gasteiger partial charge in [0, 0.05) is 54.5 Å². The number of imide groups is 1. The number of likely N-dealkylation sites (tertiary alicyclic amines) is 1. The normalized spacial score (nSPS) is 21.8. The standard InChI is InChI=1S/C28H32N4O2S/c33-25-20-28(12-5-6-13-28)27(34)32(25)15-7-14-30-16-18-31(19-17-30)26-21-8-1-3-10-23(21)35-24-11-4-2-9-22(24)29-26/h1-4,8-11H,5-7,12-20H2. The number of aliphatic imine (C=N–C) groups is 1. The van der Waals surface area contributed by atoms with Crippen LogP contribution in [0.3, 0.4) is 0 Å². The molecule has 2 amide bonds. The second-order valence-corrected chi connectivity index (χ2v) is 11.3. The van der Waals surface area contributed by atoms with Crippen LogP contribution in [0.4, 0.5) is 5.69 Å². The molecule has 4 aliphatic rings. The predicted molar refractivity (Wildman–Crippen MR) is 138 cm³/mol. The molecular formula is C28H32N4O2S. The molecule has 1 saturated carbocycles. The maximum absolute atomic E-state index is 12.9. The Morgan fingerprint density at radius 1 is 0.857 bits per heavy atom. The number of piperazine rings is 1. The summed E-state index contributed by atoms with van der Waals surface area (Å²) in [5, 5.41) is 0. The average molecular weight is 489 g/mol. The molecule has 3 fully saturated rings. The van der Waals surface area contributed by atoms with Crippen molar-refractivity contribution in [2.45, 2.75) is 48.3 Å². The predicted octanol–water partition coefficient (Wildman–Crippen LogP) is 4.56. The highest BCUT2D eigenvalue weighted by Gasteiger charge is 2.52. The summed E-state index contributed by atoms with van der Waals surface area (Å²) < 4.78 is 0. The van der Waals surface area contributed by atoms with E-state index >= 15 is 0 Å². The molecule has 0 bridgehead atoms. The maximum atomic E-state index is 12.9. The number of carbonyl (C=O) groups excluding carboxylic acids is 2. The second-order valence-electron chi connectivity index (χ2n) is 10.2. The van der Waals surface area contributed by atoms with Gasteiger partial charge in [0.2, 0.25) is 11.8 Å². The SMILES string of the molecule is O=C1CC2(CCCC2)C(=O)N1CCCN1CCN(C2=Nc3ccccc3Sc3ccccc32)CC1. The Labute approximate surface area is 211 Å². The van der Waals surface area contributed by atoms with Crippen LogP contribution in [-0.2, 0) is 9.59 Å². The molecule has 0 aromatic heterocycles. The van der Waals surface area contributed by atoms with Crippen LogP contribution in [0.25, 0.3) is 0 Å². The Kier molecular flexibility index (Phi) is 6.14. The zero-order chi connectivity index (χ0) is 23.8. The fraction of sp³-hybridized carbons (Fsp3) is 0.464. The zero-order valence-electron chi connectivity index (χ0n) is 20.1. The number of nitrogens with zero attached hydrogens (tertiary/aromatic N) is 4. The van der Waals surface area contributed by atoms with E-state index in [4.69, 9.17) is 4.99 Å². The van der Waals surface area contributed by atoms with Crippen molar-refractivity contribution in [1.29, 1.82) is 0 Å². The summed E-state index contributed by atoms with van der Waals surface area (Å²) in [4.78, 5) is 39.5. The molecule has 2 aromatic rings. The van der Waals surface area contributed by atoms with E-state index in [0.29, 0.717) is 13.0 Å². The van der Waals surface area contributed by atoms with Crippen LogP contribution >= 0.6 is 11.8 Å². The van der Waals surface area contributed by atoms with Gasteiger partial charge in [-0.15, -0.1) is 0 Å². The Bertz CT molecular complexity index is 1170. The number of amidine groups is 1. The molecule has 35 heavy (non-hydrogen) atoms. The number of fused-ring (bicyclic) bond motifs is 2. The second kappa shape index (κ2) is 9.43. The largest absolute Gasteiger partial charge is 0.354 e. The maximum Gasteiger partial charge on any atom is 0.235 e. The van der Waals surface area contributed by atoms with Crippen molar-refractivity contribution in [2.24, 2.45) is 10.4 Å². The van der Waals surface area contributed by atoms with Gasteiger partial charge < -0.3 is 4.90 Å². The zero-order valence-corrected chi connectivity index (χ0v) is 20.9. The van der Waals surface area contributed by atoms with Crippen molar-refractivity contribution in [3.05, 3.63) is 54.1 Å². The molecule has 7 heteroatoms. The Morgan fingerprint density at radius 2 is 1.57 bits per heavy atom. The van der Waals surface area contributed by atoms with Gasteiger partial charge in [-0.1, -0.05) is 54.9 Å². The van der Waals surface area contributed by atoms with Gasteiger partial charge in [-0.3, -0.25) is 19.4 Å². The third-order valence-corrected chi connectivity index (χ3v) is 9.16. The third kappa shape index (κ3) is 4.29. The first-order valence-corrected chi connectivity index (χ1v) is 13.7. The molecule has 182 valence electrons. The van der Waals surface area contributed by atoms with Crippen molar-refractivity contribution in [3.8, 4) is 0 Å². The lowest BCUT2D eigenvalue weighted by atomic mass is 9.84. The minimum atomic E-state index is -0.352. The first-order valence-electron chi connectivity index (χ1n) is 12.9. The van der Waals surface area contributed by atoms with Gasteiger partial charge >= 0.3 is 0 Å². The molecule has 0 radical (unpaired) electrons. The highest BCUT2D eigenvalue weighted by atomic mass is 32.2. The molecule has 2 aromatic carbocycles. The van der Waals surface area contributed by atoms with Gasteiger partial charge in [0.15, 0.2) is 0 Å². The number of hydrogen-bond acceptors (Lipinski definition) is 6. The molecular weight excluding hydrogens is 456 g/mol. The van der Waals surface area contributed by atoms with Crippen molar-refractivity contribution >= 4 is 35.1 Å². The van der Waals surface area contributed by atoms with Crippen LogP contribution in [0.15, 0.2) is 63.3 Å². The van der Waals surface area contributed by atoms with Crippen molar-refractivity contribution in [1.82, 2.24) is 14.7 Å². The molecule has 6 nitrogen and oxygen atoms in total. The quantitative estimate of drug-likeness (QED) is 0.591. The number of carbonyl (C=O) groups is 2. The number of hydrogen-bond donors (Lipinski definition) is 0. The Morgan fingerprint density at radius 3 is 2.37 bits per heavy atom. The summed E-state index contributed by atoms with van der Waals surface area (Å²) in [6.07, 6.45) is 5.24. The van der Waals surface area contributed by atoms with Crippen molar-refractivity contribution in [2.75, 3.05) is 39.3 Å². The Hall–Kier alpha value is -2.64. The monoisotopic (exact) mass is 488 g/mol. The average Bonchev–Trinajstić information content (AvgIpc) is 3.38. The summed E-state index contributed by atoms with van der Waals surface area (Å²) in [6.45, 7) is 5.24. The summed E-state index contributed by atoms with van der Waals surface area (Å²) in [5.74, 6) is 1.21. The number of amides is 2. The molecule has 3 heterocycles. The lowest BCUT2D eigenvalue weighted by molar-refractivity contribution is -0.141. The van der Waals surface area contributed by atoms with E-state index in [1.54, 1.807) is 16.7 Å². The lowest BCUT2D eigenvalue weighted by Crippen LogP contribution is -2.49. The lowest BCUT2D eigenvalue weighted by Gasteiger charge is -2.37. The fourth-order valence-corrected chi connectivity index (χ4v) is 7.09. The van der Waals surface area contributed by atoms with E-state index in [2.05, 4.69) is 58.3 Å². The summed E-state index contributed by atoms with van der Waals surface area (Å²) in [7, 11) is 0. The van der Waals surface area contributed by atoms with Gasteiger partial charge in [0.1, 0.15) is 5.84 Å². The molecule has 1 spiro atoms. The van der Waals surface area contributed by atoms with Gasteiger partial charge in [0.25, 0.3) is 0 Å². The van der Waals surface area contributed by atoms with Crippen LogP contribution in [0.1, 0.15) is 44.1 Å². The summed E-state index contributed by atoms with van der Waals surface area (Å²) in [5.41, 5.74) is 1.88. The van der Waals surface area contributed by atoms with Gasteiger partial charge in [-0.25, -0.2) is 4.99 Å². The Balaban J connectivity index is 1.07. The number of para-hydroxylation sites is 1.